The Labute approximate surface area is 147 Å². The van der Waals surface area contributed by atoms with Crippen LogP contribution in [0.1, 0.15) is 28.8 Å². The van der Waals surface area contributed by atoms with Crippen LogP contribution in [0.25, 0.3) is 10.9 Å². The molecule has 1 aliphatic heterocycles. The fourth-order valence-electron chi connectivity index (χ4n) is 3.47. The number of fused-ring (bicyclic) bond motifs is 1. The van der Waals surface area contributed by atoms with Crippen molar-refractivity contribution in [1.29, 1.82) is 0 Å². The summed E-state index contributed by atoms with van der Waals surface area (Å²) in [5.74, 6) is 0.746. The van der Waals surface area contributed by atoms with E-state index < -0.39 is 0 Å². The molecule has 3 aromatic rings. The lowest BCUT2D eigenvalue weighted by molar-refractivity contribution is 0.103. The average Bonchev–Trinajstić information content (AvgIpc) is 3.21. The molecule has 0 bridgehead atoms. The van der Waals surface area contributed by atoms with E-state index in [9.17, 15) is 4.79 Å². The normalized spacial score (nSPS) is 14.0. The number of nitrogens with zero attached hydrogens (tertiary/aromatic N) is 2. The number of benzene rings is 2. The number of para-hydroxylation sites is 1. The van der Waals surface area contributed by atoms with Crippen molar-refractivity contribution in [2.45, 2.75) is 12.8 Å². The van der Waals surface area contributed by atoms with Crippen molar-refractivity contribution >= 4 is 22.4 Å². The highest BCUT2D eigenvalue weighted by atomic mass is 16.5. The molecule has 0 unspecified atom stereocenters. The van der Waals surface area contributed by atoms with Crippen molar-refractivity contribution in [3.63, 3.8) is 0 Å². The fraction of sp³-hybridized carbons (Fsp3) is 0.238. The number of pyridine rings is 1. The van der Waals surface area contributed by atoms with Crippen molar-refractivity contribution in [2.24, 2.45) is 0 Å². The molecule has 1 fully saturated rings. The van der Waals surface area contributed by atoms with Gasteiger partial charge in [0.1, 0.15) is 5.75 Å². The van der Waals surface area contributed by atoms with E-state index in [0.717, 1.165) is 48.3 Å². The van der Waals surface area contributed by atoms with Gasteiger partial charge in [0.25, 0.3) is 0 Å². The van der Waals surface area contributed by atoms with Gasteiger partial charge in [0.2, 0.25) is 0 Å². The molecule has 0 atom stereocenters. The summed E-state index contributed by atoms with van der Waals surface area (Å²) in [7, 11) is 1.62. The number of anilines is 1. The number of hydrogen-bond acceptors (Lipinski definition) is 4. The summed E-state index contributed by atoms with van der Waals surface area (Å²) in [6, 6.07) is 15.3. The maximum Gasteiger partial charge on any atom is 0.196 e. The Morgan fingerprint density at radius 1 is 1.04 bits per heavy atom. The summed E-state index contributed by atoms with van der Waals surface area (Å²) in [5, 5.41) is 1.05. The molecule has 2 heterocycles. The molecule has 0 amide bonds. The lowest BCUT2D eigenvalue weighted by atomic mass is 10.00. The number of hydrogen-bond donors (Lipinski definition) is 0. The topological polar surface area (TPSA) is 42.4 Å². The Hall–Kier alpha value is -2.88. The molecular formula is C21H20N2O2. The summed E-state index contributed by atoms with van der Waals surface area (Å²) in [6.45, 7) is 1.97. The monoisotopic (exact) mass is 332 g/mol. The summed E-state index contributed by atoms with van der Waals surface area (Å²) in [4.78, 5) is 20.0. The van der Waals surface area contributed by atoms with E-state index in [1.54, 1.807) is 13.3 Å². The number of carbonyl (C=O) groups is 1. The van der Waals surface area contributed by atoms with E-state index in [1.807, 2.05) is 42.5 Å². The molecule has 0 radical (unpaired) electrons. The first kappa shape index (κ1) is 15.6. The van der Waals surface area contributed by atoms with Gasteiger partial charge in [-0.2, -0.15) is 0 Å². The van der Waals surface area contributed by atoms with E-state index >= 15 is 0 Å². The molecule has 0 aliphatic carbocycles. The van der Waals surface area contributed by atoms with Gasteiger partial charge in [-0.05, 0) is 43.2 Å². The van der Waals surface area contributed by atoms with E-state index in [4.69, 9.17) is 4.74 Å². The zero-order chi connectivity index (χ0) is 17.2. The zero-order valence-corrected chi connectivity index (χ0v) is 14.2. The minimum Gasteiger partial charge on any atom is -0.497 e. The first-order chi connectivity index (χ1) is 12.3. The first-order valence-corrected chi connectivity index (χ1v) is 8.59. The minimum atomic E-state index is 0.00260. The van der Waals surface area contributed by atoms with Gasteiger partial charge in [0, 0.05) is 30.2 Å². The first-order valence-electron chi connectivity index (χ1n) is 8.59. The molecule has 0 saturated carbocycles. The van der Waals surface area contributed by atoms with Crippen LogP contribution in [0.15, 0.2) is 54.7 Å². The standard InChI is InChI=1S/C21H20N2O2/c1-25-16-10-8-15(9-11-16)21(24)18-14-22-19-7-3-2-6-17(19)20(18)23-12-4-5-13-23/h2-3,6-11,14H,4-5,12-13H2,1H3. The third-order valence-corrected chi connectivity index (χ3v) is 4.77. The summed E-state index contributed by atoms with van der Waals surface area (Å²) in [6.07, 6.45) is 4.04. The molecule has 1 aromatic heterocycles. The van der Waals surface area contributed by atoms with Crippen molar-refractivity contribution in [3.05, 3.63) is 65.9 Å². The lowest BCUT2D eigenvalue weighted by Crippen LogP contribution is -2.21. The maximum atomic E-state index is 13.2. The second-order valence-corrected chi connectivity index (χ2v) is 6.29. The van der Waals surface area contributed by atoms with Crippen LogP contribution in [-0.2, 0) is 0 Å². The Morgan fingerprint density at radius 3 is 2.48 bits per heavy atom. The number of ketones is 1. The zero-order valence-electron chi connectivity index (χ0n) is 14.2. The quantitative estimate of drug-likeness (QED) is 0.675. The SMILES string of the molecule is COc1ccc(C(=O)c2cnc3ccccc3c2N2CCCC2)cc1. The van der Waals surface area contributed by atoms with Crippen LogP contribution in [0.2, 0.25) is 0 Å². The summed E-state index contributed by atoms with van der Waals surface area (Å²) in [5.41, 5.74) is 3.27. The van der Waals surface area contributed by atoms with Gasteiger partial charge in [-0.1, -0.05) is 18.2 Å². The highest BCUT2D eigenvalue weighted by molar-refractivity contribution is 6.16. The van der Waals surface area contributed by atoms with Gasteiger partial charge in [0.05, 0.1) is 23.9 Å². The molecule has 1 saturated heterocycles. The Morgan fingerprint density at radius 2 is 1.76 bits per heavy atom. The van der Waals surface area contributed by atoms with Crippen molar-refractivity contribution < 1.29 is 9.53 Å². The second-order valence-electron chi connectivity index (χ2n) is 6.29. The van der Waals surface area contributed by atoms with Crippen LogP contribution in [0.3, 0.4) is 0 Å². The van der Waals surface area contributed by atoms with Crippen LogP contribution in [0.5, 0.6) is 5.75 Å². The molecule has 4 rings (SSSR count). The van der Waals surface area contributed by atoms with Gasteiger partial charge < -0.3 is 9.64 Å². The number of methoxy groups -OCH3 is 1. The Bertz CT molecular complexity index is 913. The highest BCUT2D eigenvalue weighted by Gasteiger charge is 2.23. The Balaban J connectivity index is 1.85. The maximum absolute atomic E-state index is 13.2. The van der Waals surface area contributed by atoms with E-state index in [2.05, 4.69) is 16.0 Å². The van der Waals surface area contributed by atoms with Crippen molar-refractivity contribution in [2.75, 3.05) is 25.1 Å². The van der Waals surface area contributed by atoms with Crippen LogP contribution in [-0.4, -0.2) is 31.0 Å². The van der Waals surface area contributed by atoms with Crippen molar-refractivity contribution in [3.8, 4) is 5.75 Å². The minimum absolute atomic E-state index is 0.00260. The molecule has 2 aromatic carbocycles. The van der Waals surface area contributed by atoms with Crippen LogP contribution >= 0.6 is 0 Å². The smallest absolute Gasteiger partial charge is 0.196 e. The molecule has 1 aliphatic rings. The lowest BCUT2D eigenvalue weighted by Gasteiger charge is -2.22. The van der Waals surface area contributed by atoms with Gasteiger partial charge >= 0.3 is 0 Å². The molecule has 0 spiro atoms. The molecule has 4 nitrogen and oxygen atoms in total. The molecule has 126 valence electrons. The van der Waals surface area contributed by atoms with Crippen LogP contribution in [0.4, 0.5) is 5.69 Å². The van der Waals surface area contributed by atoms with Gasteiger partial charge in [-0.15, -0.1) is 0 Å². The van der Waals surface area contributed by atoms with Crippen LogP contribution in [0, 0.1) is 0 Å². The second kappa shape index (κ2) is 6.55. The molecule has 0 N–H and O–H groups in total. The van der Waals surface area contributed by atoms with E-state index in [1.165, 1.54) is 0 Å². The Kier molecular flexibility index (Phi) is 4.10. The third kappa shape index (κ3) is 2.84. The van der Waals surface area contributed by atoms with E-state index in [0.29, 0.717) is 11.1 Å². The van der Waals surface area contributed by atoms with E-state index in [-0.39, 0.29) is 5.78 Å². The number of carbonyl (C=O) groups excluding carboxylic acids is 1. The number of ether oxygens (including phenoxy) is 1. The third-order valence-electron chi connectivity index (χ3n) is 4.77. The fourth-order valence-corrected chi connectivity index (χ4v) is 3.47. The number of rotatable bonds is 4. The summed E-state index contributed by atoms with van der Waals surface area (Å²) < 4.78 is 5.19. The highest BCUT2D eigenvalue weighted by Crippen LogP contribution is 2.33. The van der Waals surface area contributed by atoms with Gasteiger partial charge in [-0.3, -0.25) is 9.78 Å². The predicted molar refractivity (Wildman–Crippen MR) is 99.6 cm³/mol. The molecule has 25 heavy (non-hydrogen) atoms. The largest absolute Gasteiger partial charge is 0.497 e. The number of aromatic nitrogens is 1. The van der Waals surface area contributed by atoms with Gasteiger partial charge in [0.15, 0.2) is 5.78 Å². The van der Waals surface area contributed by atoms with Gasteiger partial charge in [-0.25, -0.2) is 0 Å². The summed E-state index contributed by atoms with van der Waals surface area (Å²) >= 11 is 0. The molecule has 4 heteroatoms. The molecular weight excluding hydrogens is 312 g/mol. The van der Waals surface area contributed by atoms with Crippen molar-refractivity contribution in [1.82, 2.24) is 4.98 Å². The predicted octanol–water partition coefficient (Wildman–Crippen LogP) is 4.07. The van der Waals surface area contributed by atoms with Crippen LogP contribution < -0.4 is 9.64 Å². The average molecular weight is 332 g/mol.